The quantitative estimate of drug-likeness (QED) is 0.742. The second-order valence-electron chi connectivity index (χ2n) is 5.69. The van der Waals surface area contributed by atoms with E-state index in [-0.39, 0.29) is 11.4 Å². The fourth-order valence-electron chi connectivity index (χ4n) is 2.50. The van der Waals surface area contributed by atoms with Crippen molar-refractivity contribution in [3.05, 3.63) is 81.1 Å². The van der Waals surface area contributed by atoms with Gasteiger partial charge in [0.2, 0.25) is 0 Å². The highest BCUT2D eigenvalue weighted by molar-refractivity contribution is 6.31. The number of aromatic nitrogens is 2. The third kappa shape index (κ3) is 3.83. The number of anilines is 1. The van der Waals surface area contributed by atoms with Crippen molar-refractivity contribution >= 4 is 23.3 Å². The van der Waals surface area contributed by atoms with Crippen LogP contribution in [0.1, 0.15) is 15.9 Å². The summed E-state index contributed by atoms with van der Waals surface area (Å²) in [5.41, 5.74) is 0.711. The number of hydrogen-bond acceptors (Lipinski definition) is 4. The molecule has 2 aromatic carbocycles. The number of rotatable bonds is 4. The number of carbonyl (C=O) groups is 1. The number of halogens is 2. The molecule has 1 N–H and O–H groups in total. The molecule has 1 amide bonds. The van der Waals surface area contributed by atoms with Crippen molar-refractivity contribution in [1.82, 2.24) is 9.55 Å². The molecule has 1 aromatic heterocycles. The molecule has 0 aliphatic carbocycles. The maximum absolute atomic E-state index is 13.3. The molecule has 6 nitrogen and oxygen atoms in total. The third-order valence-corrected chi connectivity index (χ3v) is 4.29. The van der Waals surface area contributed by atoms with Crippen LogP contribution < -0.4 is 15.6 Å². The monoisotopic (exact) mass is 387 g/mol. The summed E-state index contributed by atoms with van der Waals surface area (Å²) < 4.78 is 19.9. The van der Waals surface area contributed by atoms with Crippen molar-refractivity contribution < 1.29 is 13.9 Å². The number of carbonyl (C=O) groups excluding carboxylic acids is 1. The summed E-state index contributed by atoms with van der Waals surface area (Å²) in [5.74, 6) is -0.999. The first kappa shape index (κ1) is 18.6. The Kier molecular flexibility index (Phi) is 5.23. The minimum absolute atomic E-state index is 0.0755. The van der Waals surface area contributed by atoms with Crippen LogP contribution in [0.5, 0.6) is 5.75 Å². The summed E-state index contributed by atoms with van der Waals surface area (Å²) >= 11 is 6.11. The molecule has 0 spiro atoms. The van der Waals surface area contributed by atoms with Crippen LogP contribution in [0.3, 0.4) is 0 Å². The Morgan fingerprint density at radius 3 is 2.78 bits per heavy atom. The molecule has 0 unspecified atom stereocenters. The van der Waals surface area contributed by atoms with Gasteiger partial charge in [0, 0.05) is 29.0 Å². The summed E-state index contributed by atoms with van der Waals surface area (Å²) in [6.07, 6.45) is 2.82. The highest BCUT2D eigenvalue weighted by Gasteiger charge is 2.15. The largest absolute Gasteiger partial charge is 0.495 e. The van der Waals surface area contributed by atoms with E-state index in [4.69, 9.17) is 16.3 Å². The van der Waals surface area contributed by atoms with E-state index < -0.39 is 17.3 Å². The second kappa shape index (κ2) is 7.59. The summed E-state index contributed by atoms with van der Waals surface area (Å²) in [6, 6.07) is 8.43. The number of hydrogen-bond donors (Lipinski definition) is 1. The molecule has 0 aliphatic rings. The first-order chi connectivity index (χ1) is 12.9. The first-order valence-electron chi connectivity index (χ1n) is 7.90. The minimum Gasteiger partial charge on any atom is -0.495 e. The van der Waals surface area contributed by atoms with Crippen molar-refractivity contribution in [2.24, 2.45) is 0 Å². The van der Waals surface area contributed by atoms with Crippen molar-refractivity contribution in [3.8, 4) is 11.4 Å². The Balaban J connectivity index is 2.01. The minimum atomic E-state index is -0.642. The van der Waals surface area contributed by atoms with Gasteiger partial charge in [-0.15, -0.1) is 0 Å². The lowest BCUT2D eigenvalue weighted by molar-refractivity contribution is 0.102. The molecule has 3 rings (SSSR count). The molecule has 0 saturated carbocycles. The Morgan fingerprint density at radius 1 is 1.30 bits per heavy atom. The van der Waals surface area contributed by atoms with Crippen LogP contribution in [-0.4, -0.2) is 22.6 Å². The number of ether oxygens (including phenoxy) is 1. The summed E-state index contributed by atoms with van der Waals surface area (Å²) in [4.78, 5) is 29.0. The van der Waals surface area contributed by atoms with Crippen molar-refractivity contribution in [1.29, 1.82) is 0 Å². The van der Waals surface area contributed by atoms with Crippen LogP contribution in [0.2, 0.25) is 5.02 Å². The predicted octanol–water partition coefficient (Wildman–Crippen LogP) is 3.59. The lowest BCUT2D eigenvalue weighted by atomic mass is 10.2. The lowest BCUT2D eigenvalue weighted by Gasteiger charge is -2.14. The zero-order valence-corrected chi connectivity index (χ0v) is 15.2. The first-order valence-corrected chi connectivity index (χ1v) is 8.27. The SMILES string of the molecule is COc1cc(Cl)c(C)cc1-n1ccnc(NC(=O)c2cccc(F)c2)c1=O. The van der Waals surface area contributed by atoms with Crippen molar-refractivity contribution in [3.63, 3.8) is 0 Å². The summed E-state index contributed by atoms with van der Waals surface area (Å²) in [6.45, 7) is 1.80. The molecule has 0 atom stereocenters. The number of nitrogens with one attached hydrogen (secondary N) is 1. The molecular formula is C19H15ClFN3O3. The number of amides is 1. The van der Waals surface area contributed by atoms with E-state index in [1.54, 1.807) is 19.1 Å². The molecule has 0 saturated heterocycles. The molecule has 0 radical (unpaired) electrons. The predicted molar refractivity (Wildman–Crippen MR) is 100 cm³/mol. The molecule has 1 heterocycles. The zero-order chi connectivity index (χ0) is 19.6. The lowest BCUT2D eigenvalue weighted by Crippen LogP contribution is -2.26. The second-order valence-corrected chi connectivity index (χ2v) is 6.10. The number of methoxy groups -OCH3 is 1. The molecule has 0 bridgehead atoms. The van der Waals surface area contributed by atoms with Crippen LogP contribution in [-0.2, 0) is 0 Å². The number of nitrogens with zero attached hydrogens (tertiary/aromatic N) is 2. The van der Waals surface area contributed by atoms with Gasteiger partial charge in [0.25, 0.3) is 11.5 Å². The average molecular weight is 388 g/mol. The highest BCUT2D eigenvalue weighted by Crippen LogP contribution is 2.29. The third-order valence-electron chi connectivity index (χ3n) is 3.88. The van der Waals surface area contributed by atoms with E-state index in [9.17, 15) is 14.0 Å². The maximum Gasteiger partial charge on any atom is 0.298 e. The van der Waals surface area contributed by atoms with Gasteiger partial charge in [-0.25, -0.2) is 9.37 Å². The molecule has 0 fully saturated rings. The number of benzene rings is 2. The average Bonchev–Trinajstić information content (AvgIpc) is 2.65. The fraction of sp³-hybridized carbons (Fsp3) is 0.105. The van der Waals surface area contributed by atoms with Gasteiger partial charge in [0.1, 0.15) is 11.6 Å². The van der Waals surface area contributed by atoms with E-state index in [2.05, 4.69) is 10.3 Å². The smallest absolute Gasteiger partial charge is 0.298 e. The molecular weight excluding hydrogens is 373 g/mol. The van der Waals surface area contributed by atoms with Gasteiger partial charge in [-0.3, -0.25) is 14.2 Å². The van der Waals surface area contributed by atoms with Gasteiger partial charge < -0.3 is 10.1 Å². The molecule has 0 aliphatic heterocycles. The molecule has 27 heavy (non-hydrogen) atoms. The van der Waals surface area contributed by atoms with Crippen molar-refractivity contribution in [2.75, 3.05) is 12.4 Å². The van der Waals surface area contributed by atoms with Crippen molar-refractivity contribution in [2.45, 2.75) is 6.92 Å². The Hall–Kier alpha value is -3.19. The van der Waals surface area contributed by atoms with Gasteiger partial charge in [-0.2, -0.15) is 0 Å². The van der Waals surface area contributed by atoms with Crippen LogP contribution in [0.25, 0.3) is 5.69 Å². The fourth-order valence-corrected chi connectivity index (χ4v) is 2.65. The van der Waals surface area contributed by atoms with Crippen LogP contribution >= 0.6 is 11.6 Å². The Morgan fingerprint density at radius 2 is 2.07 bits per heavy atom. The van der Waals surface area contributed by atoms with Crippen LogP contribution in [0, 0.1) is 12.7 Å². The standard InChI is InChI=1S/C19H15ClFN3O3/c1-11-8-15(16(27-2)10-14(11)20)24-7-6-22-17(19(24)26)23-18(25)12-4-3-5-13(21)9-12/h3-10H,1-2H3,(H,22,23,25). The van der Waals surface area contributed by atoms with Crippen LogP contribution in [0.4, 0.5) is 10.2 Å². The molecule has 8 heteroatoms. The van der Waals surface area contributed by atoms with E-state index in [0.717, 1.165) is 11.6 Å². The van der Waals surface area contributed by atoms with Gasteiger partial charge in [-0.1, -0.05) is 17.7 Å². The number of aryl methyl sites for hydroxylation is 1. The highest BCUT2D eigenvalue weighted by atomic mass is 35.5. The molecule has 138 valence electrons. The van der Waals surface area contributed by atoms with E-state index in [0.29, 0.717) is 16.5 Å². The van der Waals surface area contributed by atoms with Gasteiger partial charge in [-0.05, 0) is 36.8 Å². The van der Waals surface area contributed by atoms with E-state index in [1.807, 2.05) is 0 Å². The normalized spacial score (nSPS) is 10.5. The van der Waals surface area contributed by atoms with E-state index in [1.165, 1.54) is 42.3 Å². The van der Waals surface area contributed by atoms with Gasteiger partial charge in [0.15, 0.2) is 5.82 Å². The Labute approximate surface area is 159 Å². The summed E-state index contributed by atoms with van der Waals surface area (Å²) in [7, 11) is 1.46. The van der Waals surface area contributed by atoms with Gasteiger partial charge >= 0.3 is 0 Å². The Bertz CT molecular complexity index is 1080. The van der Waals surface area contributed by atoms with E-state index >= 15 is 0 Å². The topological polar surface area (TPSA) is 73.2 Å². The van der Waals surface area contributed by atoms with Crippen LogP contribution in [0.15, 0.2) is 53.6 Å². The molecule has 3 aromatic rings. The zero-order valence-electron chi connectivity index (χ0n) is 14.5. The summed E-state index contributed by atoms with van der Waals surface area (Å²) in [5, 5.41) is 2.91. The van der Waals surface area contributed by atoms with Gasteiger partial charge in [0.05, 0.1) is 12.8 Å². The maximum atomic E-state index is 13.3.